The maximum Gasteiger partial charge on any atom is 0.420 e. The minimum atomic E-state index is -0.683. The average molecular weight is 406 g/mol. The fourth-order valence-corrected chi connectivity index (χ4v) is 3.94. The summed E-state index contributed by atoms with van der Waals surface area (Å²) in [5, 5.41) is 0. The predicted molar refractivity (Wildman–Crippen MR) is 112 cm³/mol. The Kier molecular flexibility index (Phi) is 4.81. The molecule has 1 aliphatic rings. The number of carbonyl (C=O) groups is 2. The van der Waals surface area contributed by atoms with E-state index in [4.69, 9.17) is 9.15 Å². The van der Waals surface area contributed by atoms with Gasteiger partial charge in [-0.3, -0.25) is 14.2 Å². The SMILES string of the molecule is CN1/C(=C\C(=O)COC(=O)Cn2c(=O)oc3ccccc32)C(C)(C)c2ccccc21. The molecule has 0 saturated heterocycles. The van der Waals surface area contributed by atoms with E-state index in [0.29, 0.717) is 11.1 Å². The molecule has 4 rings (SSSR count). The highest BCUT2D eigenvalue weighted by atomic mass is 16.5. The predicted octanol–water partition coefficient (Wildman–Crippen LogP) is 3.02. The highest BCUT2D eigenvalue weighted by molar-refractivity contribution is 5.94. The molecule has 7 heteroatoms. The zero-order valence-electron chi connectivity index (χ0n) is 17.0. The van der Waals surface area contributed by atoms with Gasteiger partial charge in [-0.1, -0.05) is 44.2 Å². The minimum Gasteiger partial charge on any atom is -0.456 e. The molecule has 0 spiro atoms. The van der Waals surface area contributed by atoms with Crippen molar-refractivity contribution in [2.75, 3.05) is 18.6 Å². The van der Waals surface area contributed by atoms with Crippen LogP contribution in [-0.2, 0) is 26.3 Å². The molecule has 0 unspecified atom stereocenters. The fraction of sp³-hybridized carbons (Fsp3) is 0.261. The van der Waals surface area contributed by atoms with Crippen LogP contribution < -0.4 is 10.7 Å². The molecule has 0 fully saturated rings. The van der Waals surface area contributed by atoms with E-state index in [1.165, 1.54) is 10.6 Å². The Morgan fingerprint density at radius 3 is 2.57 bits per heavy atom. The molecule has 0 saturated carbocycles. The summed E-state index contributed by atoms with van der Waals surface area (Å²) in [7, 11) is 1.91. The molecule has 154 valence electrons. The number of oxazole rings is 1. The number of hydrogen-bond donors (Lipinski definition) is 0. The highest BCUT2D eigenvalue weighted by Crippen LogP contribution is 2.46. The fourth-order valence-electron chi connectivity index (χ4n) is 3.94. The van der Waals surface area contributed by atoms with Gasteiger partial charge in [0.15, 0.2) is 18.0 Å². The number of esters is 1. The molecule has 0 bridgehead atoms. The van der Waals surface area contributed by atoms with Crippen LogP contribution in [0.3, 0.4) is 0 Å². The third kappa shape index (κ3) is 3.32. The number of ether oxygens (including phenoxy) is 1. The molecular weight excluding hydrogens is 384 g/mol. The molecule has 0 atom stereocenters. The lowest BCUT2D eigenvalue weighted by Gasteiger charge is -2.23. The van der Waals surface area contributed by atoms with E-state index in [9.17, 15) is 14.4 Å². The number of hydrogen-bond acceptors (Lipinski definition) is 6. The van der Waals surface area contributed by atoms with Crippen molar-refractivity contribution in [2.24, 2.45) is 0 Å². The molecule has 0 radical (unpaired) electrons. The normalized spacial score (nSPS) is 16.1. The van der Waals surface area contributed by atoms with Crippen molar-refractivity contribution in [2.45, 2.75) is 25.8 Å². The second-order valence-corrected chi connectivity index (χ2v) is 7.78. The van der Waals surface area contributed by atoms with Gasteiger partial charge in [-0.05, 0) is 23.8 Å². The Labute approximate surface area is 173 Å². The van der Waals surface area contributed by atoms with Crippen LogP contribution in [0.2, 0.25) is 0 Å². The summed E-state index contributed by atoms with van der Waals surface area (Å²) < 4.78 is 11.4. The summed E-state index contributed by atoms with van der Waals surface area (Å²) in [5.41, 5.74) is 3.57. The van der Waals surface area contributed by atoms with E-state index < -0.39 is 18.3 Å². The van der Waals surface area contributed by atoms with Gasteiger partial charge in [-0.15, -0.1) is 0 Å². The van der Waals surface area contributed by atoms with Gasteiger partial charge < -0.3 is 14.1 Å². The van der Waals surface area contributed by atoms with E-state index in [-0.39, 0.29) is 17.7 Å². The minimum absolute atomic E-state index is 0.323. The third-order valence-electron chi connectivity index (χ3n) is 5.47. The maximum absolute atomic E-state index is 12.5. The Balaban J connectivity index is 1.44. The van der Waals surface area contributed by atoms with Gasteiger partial charge >= 0.3 is 11.7 Å². The monoisotopic (exact) mass is 406 g/mol. The average Bonchev–Trinajstić information content (AvgIpc) is 3.13. The summed E-state index contributed by atoms with van der Waals surface area (Å²) in [6.45, 7) is 3.39. The van der Waals surface area contributed by atoms with Gasteiger partial charge in [-0.25, -0.2) is 4.79 Å². The van der Waals surface area contributed by atoms with E-state index >= 15 is 0 Å². The van der Waals surface area contributed by atoms with E-state index in [0.717, 1.165) is 16.9 Å². The smallest absolute Gasteiger partial charge is 0.420 e. The molecule has 7 nitrogen and oxygen atoms in total. The van der Waals surface area contributed by atoms with Crippen LogP contribution >= 0.6 is 0 Å². The first-order chi connectivity index (χ1) is 14.3. The summed E-state index contributed by atoms with van der Waals surface area (Å²) >= 11 is 0. The summed E-state index contributed by atoms with van der Waals surface area (Å²) in [5.74, 6) is -1.65. The van der Waals surface area contributed by atoms with E-state index in [1.54, 1.807) is 24.3 Å². The van der Waals surface area contributed by atoms with E-state index in [1.807, 2.05) is 36.2 Å². The number of anilines is 1. The number of allylic oxidation sites excluding steroid dienone is 1. The molecule has 2 aromatic carbocycles. The second kappa shape index (κ2) is 7.33. The molecule has 0 aliphatic carbocycles. The standard InChI is InChI=1S/C23H22N2O5/c1-23(2)16-8-4-5-9-17(16)24(3)20(23)12-15(26)14-29-21(27)13-25-18-10-6-7-11-19(18)30-22(25)28/h4-12H,13-14H2,1-3H3/b20-12-. The molecule has 0 N–H and O–H groups in total. The molecule has 0 amide bonds. The molecule has 1 aliphatic heterocycles. The number of para-hydroxylation sites is 3. The van der Waals surface area contributed by atoms with Gasteiger partial charge in [0.1, 0.15) is 6.54 Å². The number of aromatic nitrogens is 1. The number of carbonyl (C=O) groups excluding carboxylic acids is 2. The number of nitrogens with zero attached hydrogens (tertiary/aromatic N) is 2. The number of fused-ring (bicyclic) bond motifs is 2. The maximum atomic E-state index is 12.5. The molecule has 1 aromatic heterocycles. The zero-order valence-corrected chi connectivity index (χ0v) is 17.0. The van der Waals surface area contributed by atoms with Crippen LogP contribution in [-0.4, -0.2) is 30.0 Å². The van der Waals surface area contributed by atoms with E-state index in [2.05, 4.69) is 13.8 Å². The lowest BCUT2D eigenvalue weighted by molar-refractivity contribution is -0.147. The van der Waals surface area contributed by atoms with Crippen LogP contribution in [0.5, 0.6) is 0 Å². The van der Waals surface area contributed by atoms with Crippen molar-refractivity contribution in [1.29, 1.82) is 0 Å². The van der Waals surface area contributed by atoms with Crippen molar-refractivity contribution in [3.63, 3.8) is 0 Å². The topological polar surface area (TPSA) is 81.8 Å². The first kappa shape index (κ1) is 19.7. The Bertz CT molecular complexity index is 1230. The first-order valence-corrected chi connectivity index (χ1v) is 9.61. The molecule has 30 heavy (non-hydrogen) atoms. The van der Waals surface area contributed by atoms with Gasteiger partial charge in [0.25, 0.3) is 0 Å². The lowest BCUT2D eigenvalue weighted by Crippen LogP contribution is -2.26. The van der Waals surface area contributed by atoms with Crippen LogP contribution in [0.25, 0.3) is 11.1 Å². The largest absolute Gasteiger partial charge is 0.456 e. The quantitative estimate of drug-likeness (QED) is 0.479. The van der Waals surface area contributed by atoms with Crippen molar-refractivity contribution < 1.29 is 18.7 Å². The van der Waals surface area contributed by atoms with Crippen LogP contribution in [0.4, 0.5) is 5.69 Å². The van der Waals surface area contributed by atoms with Gasteiger partial charge in [0.05, 0.1) is 5.52 Å². The number of benzene rings is 2. The van der Waals surface area contributed by atoms with Crippen molar-refractivity contribution in [3.8, 4) is 0 Å². The highest BCUT2D eigenvalue weighted by Gasteiger charge is 2.38. The van der Waals surface area contributed by atoms with Crippen LogP contribution in [0, 0.1) is 0 Å². The molecule has 2 heterocycles. The first-order valence-electron chi connectivity index (χ1n) is 9.61. The Morgan fingerprint density at radius 1 is 1.10 bits per heavy atom. The Morgan fingerprint density at radius 2 is 1.80 bits per heavy atom. The van der Waals surface area contributed by atoms with Gasteiger partial charge in [-0.2, -0.15) is 0 Å². The van der Waals surface area contributed by atoms with Crippen LogP contribution in [0.15, 0.2) is 69.5 Å². The third-order valence-corrected chi connectivity index (χ3v) is 5.47. The van der Waals surface area contributed by atoms with Crippen molar-refractivity contribution >= 4 is 28.5 Å². The van der Waals surface area contributed by atoms with Gasteiger partial charge in [0, 0.05) is 29.9 Å². The number of ketones is 1. The van der Waals surface area contributed by atoms with Crippen molar-refractivity contribution in [3.05, 3.63) is 76.4 Å². The summed E-state index contributed by atoms with van der Waals surface area (Å²) in [6.07, 6.45) is 1.52. The van der Waals surface area contributed by atoms with Crippen LogP contribution in [0.1, 0.15) is 19.4 Å². The molecule has 3 aromatic rings. The van der Waals surface area contributed by atoms with Gasteiger partial charge in [0.2, 0.25) is 0 Å². The zero-order chi connectivity index (χ0) is 21.5. The summed E-state index contributed by atoms with van der Waals surface area (Å²) in [4.78, 5) is 38.7. The number of likely N-dealkylation sites (N-methyl/N-ethyl adjacent to an activating group) is 1. The molecular formula is C23H22N2O5. The Hall–Kier alpha value is -3.61. The van der Waals surface area contributed by atoms with Crippen molar-refractivity contribution in [1.82, 2.24) is 4.57 Å². The number of rotatable bonds is 5. The summed E-state index contributed by atoms with van der Waals surface area (Å²) in [6, 6.07) is 14.8. The lowest BCUT2D eigenvalue weighted by atomic mass is 9.83. The second-order valence-electron chi connectivity index (χ2n) is 7.78.